The van der Waals surface area contributed by atoms with Gasteiger partial charge < -0.3 is 0 Å². The Labute approximate surface area is 102 Å². The van der Waals surface area contributed by atoms with Crippen LogP contribution in [-0.4, -0.2) is 38.0 Å². The summed E-state index contributed by atoms with van der Waals surface area (Å²) in [4.78, 5) is 0. The van der Waals surface area contributed by atoms with Crippen molar-refractivity contribution in [2.24, 2.45) is 0 Å². The lowest BCUT2D eigenvalue weighted by Crippen LogP contribution is -2.17. The first-order valence-electron chi connectivity index (χ1n) is 6.29. The molecule has 1 heterocycles. The van der Waals surface area contributed by atoms with Crippen LogP contribution in [0.5, 0.6) is 0 Å². The van der Waals surface area contributed by atoms with Crippen LogP contribution < -0.4 is 5.30 Å². The topological polar surface area (TPSA) is 0 Å². The molecule has 1 aliphatic heterocycles. The van der Waals surface area contributed by atoms with E-state index in [0.717, 1.165) is 0 Å². The van der Waals surface area contributed by atoms with Gasteiger partial charge in [-0.2, -0.15) is 0 Å². The molecule has 0 bridgehead atoms. The maximum Gasteiger partial charge on any atom is 0.0939 e. The van der Waals surface area contributed by atoms with Gasteiger partial charge in [-0.05, 0) is 38.3 Å². The van der Waals surface area contributed by atoms with Crippen LogP contribution in [0.2, 0.25) is 0 Å². The van der Waals surface area contributed by atoms with Gasteiger partial charge in [-0.25, -0.2) is 0 Å². The maximum atomic E-state index is 2.42. The van der Waals surface area contributed by atoms with Crippen LogP contribution in [0.3, 0.4) is 0 Å². The molecule has 0 radical (unpaired) electrons. The number of hydrogen-bond acceptors (Lipinski definition) is 0. The molecule has 1 aromatic carbocycles. The van der Waals surface area contributed by atoms with Crippen LogP contribution >= 0.6 is 15.2 Å². The Kier molecular flexibility index (Phi) is 4.40. The molecule has 0 amide bonds. The highest BCUT2D eigenvalue weighted by Gasteiger charge is 2.42. The van der Waals surface area contributed by atoms with Crippen molar-refractivity contribution < 1.29 is 0 Å². The fourth-order valence-electron chi connectivity index (χ4n) is 2.69. The molecule has 0 nitrogen and oxygen atoms in total. The Balaban J connectivity index is 2.16. The molecule has 2 heteroatoms. The molecular formula is C14H23P2+. The minimum Gasteiger partial charge on any atom is -0.109 e. The van der Waals surface area contributed by atoms with E-state index < -0.39 is 7.26 Å². The second kappa shape index (κ2) is 5.61. The average Bonchev–Trinajstić information content (AvgIpc) is 2.78. The average molecular weight is 253 g/mol. The van der Waals surface area contributed by atoms with E-state index in [1.54, 1.807) is 5.30 Å². The molecule has 0 N–H and O–H groups in total. The number of hydrogen-bond donors (Lipinski definition) is 0. The highest BCUT2D eigenvalue weighted by Crippen LogP contribution is 2.63. The second-order valence-corrected chi connectivity index (χ2v) is 11.9. The van der Waals surface area contributed by atoms with E-state index >= 15 is 0 Å². The fourth-order valence-corrected chi connectivity index (χ4v) is 9.73. The molecule has 2 rings (SSSR count). The van der Waals surface area contributed by atoms with E-state index in [-0.39, 0.29) is 7.92 Å². The van der Waals surface area contributed by atoms with Crippen LogP contribution in [0.1, 0.15) is 12.8 Å². The molecule has 16 heavy (non-hydrogen) atoms. The minimum atomic E-state index is -0.737. The van der Waals surface area contributed by atoms with E-state index in [4.69, 9.17) is 0 Å². The molecule has 1 fully saturated rings. The molecule has 0 unspecified atom stereocenters. The zero-order valence-corrected chi connectivity index (χ0v) is 12.3. The third-order valence-corrected chi connectivity index (χ3v) is 9.99. The third kappa shape index (κ3) is 2.85. The van der Waals surface area contributed by atoms with Crippen LogP contribution in [0, 0.1) is 0 Å². The number of benzene rings is 1. The maximum absolute atomic E-state index is 2.42. The molecule has 0 saturated carbocycles. The summed E-state index contributed by atoms with van der Waals surface area (Å²) >= 11 is 0. The van der Waals surface area contributed by atoms with Gasteiger partial charge in [0.2, 0.25) is 0 Å². The molecule has 1 aromatic rings. The summed E-state index contributed by atoms with van der Waals surface area (Å²) < 4.78 is 0. The van der Waals surface area contributed by atoms with Gasteiger partial charge in [-0.15, -0.1) is 7.92 Å². The lowest BCUT2D eigenvalue weighted by Gasteiger charge is -2.23. The first-order valence-corrected chi connectivity index (χ1v) is 11.1. The van der Waals surface area contributed by atoms with Crippen molar-refractivity contribution >= 4 is 20.5 Å². The Hall–Kier alpha value is 0.0800. The van der Waals surface area contributed by atoms with Crippen molar-refractivity contribution in [3.05, 3.63) is 30.3 Å². The molecule has 0 atom stereocenters. The Morgan fingerprint density at radius 2 is 1.69 bits per heavy atom. The normalized spacial score (nSPS) is 19.2. The van der Waals surface area contributed by atoms with Crippen LogP contribution in [0.25, 0.3) is 0 Å². The van der Waals surface area contributed by atoms with Gasteiger partial charge in [0.25, 0.3) is 0 Å². The van der Waals surface area contributed by atoms with Crippen molar-refractivity contribution in [1.82, 2.24) is 0 Å². The first-order chi connectivity index (χ1) is 7.73. The standard InChI is InChI=1S/C14H23P2/c1-15(2)10-13-16(11-6-7-12-16)14-8-4-3-5-9-14/h3-5,8-9H,6-7,10-13H2,1-2H3/q+1. The SMILES string of the molecule is CP(C)CC[P+]1(c2ccccc2)CCCC1. The minimum absolute atomic E-state index is 0.289. The van der Waals surface area contributed by atoms with Crippen molar-refractivity contribution in [3.63, 3.8) is 0 Å². The molecule has 1 saturated heterocycles. The summed E-state index contributed by atoms with van der Waals surface area (Å²) in [5.41, 5.74) is 0. The van der Waals surface area contributed by atoms with Gasteiger partial charge in [0.15, 0.2) is 0 Å². The highest BCUT2D eigenvalue weighted by atomic mass is 31.2. The van der Waals surface area contributed by atoms with E-state index in [1.807, 2.05) is 0 Å². The van der Waals surface area contributed by atoms with E-state index in [1.165, 1.54) is 37.5 Å². The Morgan fingerprint density at radius 3 is 2.25 bits per heavy atom. The summed E-state index contributed by atoms with van der Waals surface area (Å²) in [6.07, 6.45) is 9.02. The summed E-state index contributed by atoms with van der Waals surface area (Å²) in [5, 5.41) is 1.71. The van der Waals surface area contributed by atoms with Crippen molar-refractivity contribution in [2.75, 3.05) is 38.0 Å². The quantitative estimate of drug-likeness (QED) is 0.715. The van der Waals surface area contributed by atoms with Gasteiger partial charge in [0.1, 0.15) is 0 Å². The molecule has 1 aliphatic rings. The van der Waals surface area contributed by atoms with E-state index in [2.05, 4.69) is 43.7 Å². The smallest absolute Gasteiger partial charge is 0.0939 e. The zero-order valence-electron chi connectivity index (χ0n) is 10.5. The summed E-state index contributed by atoms with van der Waals surface area (Å²) in [5.74, 6) is 0. The van der Waals surface area contributed by atoms with Crippen LogP contribution in [0.4, 0.5) is 0 Å². The zero-order chi connectivity index (χ0) is 11.4. The lowest BCUT2D eigenvalue weighted by atomic mass is 10.4. The van der Waals surface area contributed by atoms with Crippen LogP contribution in [0.15, 0.2) is 30.3 Å². The molecule has 0 aliphatic carbocycles. The summed E-state index contributed by atoms with van der Waals surface area (Å²) in [6.45, 7) is 4.85. The highest BCUT2D eigenvalue weighted by molar-refractivity contribution is 7.83. The third-order valence-electron chi connectivity index (χ3n) is 3.70. The van der Waals surface area contributed by atoms with Crippen molar-refractivity contribution in [1.29, 1.82) is 0 Å². The summed E-state index contributed by atoms with van der Waals surface area (Å²) in [7, 11) is -0.448. The van der Waals surface area contributed by atoms with Crippen molar-refractivity contribution in [3.8, 4) is 0 Å². The second-order valence-electron chi connectivity index (χ2n) is 5.16. The Bertz CT molecular complexity index is 313. The predicted octanol–water partition coefficient (Wildman–Crippen LogP) is 3.86. The fraction of sp³-hybridized carbons (Fsp3) is 0.571. The molecule has 0 aromatic heterocycles. The van der Waals surface area contributed by atoms with E-state index in [9.17, 15) is 0 Å². The largest absolute Gasteiger partial charge is 0.109 e. The first kappa shape index (κ1) is 12.5. The summed E-state index contributed by atoms with van der Waals surface area (Å²) in [6, 6.07) is 11.4. The molecule has 0 spiro atoms. The predicted molar refractivity (Wildman–Crippen MR) is 80.5 cm³/mol. The van der Waals surface area contributed by atoms with Gasteiger partial charge in [0, 0.05) is 13.4 Å². The van der Waals surface area contributed by atoms with Gasteiger partial charge in [0.05, 0.1) is 23.8 Å². The van der Waals surface area contributed by atoms with Crippen molar-refractivity contribution in [2.45, 2.75) is 12.8 Å². The Morgan fingerprint density at radius 1 is 1.06 bits per heavy atom. The van der Waals surface area contributed by atoms with E-state index in [0.29, 0.717) is 0 Å². The van der Waals surface area contributed by atoms with Crippen LogP contribution in [-0.2, 0) is 0 Å². The lowest BCUT2D eigenvalue weighted by molar-refractivity contribution is 0.949. The van der Waals surface area contributed by atoms with Gasteiger partial charge >= 0.3 is 0 Å². The molecule has 88 valence electrons. The molecular weight excluding hydrogens is 230 g/mol. The van der Waals surface area contributed by atoms with Gasteiger partial charge in [-0.3, -0.25) is 0 Å². The van der Waals surface area contributed by atoms with Gasteiger partial charge in [-0.1, -0.05) is 18.2 Å². The number of rotatable bonds is 4. The monoisotopic (exact) mass is 253 g/mol.